The maximum atomic E-state index is 13.1. The largest absolute Gasteiger partial charge is 0.497 e. The van der Waals surface area contributed by atoms with E-state index >= 15 is 0 Å². The smallest absolute Gasteiger partial charge is 0.227 e. The summed E-state index contributed by atoms with van der Waals surface area (Å²) in [4.78, 5) is 15.0. The number of nitrogens with zero attached hydrogens (tertiary/aromatic N) is 3. The van der Waals surface area contributed by atoms with Crippen molar-refractivity contribution in [1.29, 1.82) is 0 Å². The minimum absolute atomic E-state index is 0.00351. The molecule has 1 aliphatic rings. The van der Waals surface area contributed by atoms with Crippen molar-refractivity contribution in [3.8, 4) is 11.5 Å². The summed E-state index contributed by atoms with van der Waals surface area (Å²) in [6.45, 7) is 3.17. The van der Waals surface area contributed by atoms with Gasteiger partial charge >= 0.3 is 0 Å². The van der Waals surface area contributed by atoms with Crippen molar-refractivity contribution in [1.82, 2.24) is 14.7 Å². The molecule has 2 unspecified atom stereocenters. The molecule has 140 valence electrons. The molecule has 2 atom stereocenters. The quantitative estimate of drug-likeness (QED) is 0.772. The van der Waals surface area contributed by atoms with Gasteiger partial charge < -0.3 is 14.4 Å². The van der Waals surface area contributed by atoms with Crippen LogP contribution in [-0.2, 0) is 11.3 Å². The first kappa shape index (κ1) is 18.6. The molecule has 1 saturated heterocycles. The second kappa shape index (κ2) is 7.99. The number of aromatic nitrogens is 2. The maximum Gasteiger partial charge on any atom is 0.227 e. The predicted octanol–water partition coefficient (Wildman–Crippen LogP) is 3.55. The summed E-state index contributed by atoms with van der Waals surface area (Å²) in [5.74, 6) is 1.47. The second-order valence-electron chi connectivity index (χ2n) is 6.58. The molecule has 1 fully saturated rings. The number of rotatable bonds is 6. The maximum absolute atomic E-state index is 13.1. The predicted molar refractivity (Wildman–Crippen MR) is 99.6 cm³/mol. The molecule has 1 aromatic carbocycles. The lowest BCUT2D eigenvalue weighted by Gasteiger charge is -2.29. The van der Waals surface area contributed by atoms with E-state index in [1.807, 2.05) is 30.0 Å². The Bertz CT molecular complexity index is 777. The Hall–Kier alpha value is -2.21. The fraction of sp³-hybridized carbons (Fsp3) is 0.474. The summed E-state index contributed by atoms with van der Waals surface area (Å²) in [6.07, 6.45) is 5.20. The fourth-order valence-electron chi connectivity index (χ4n) is 3.53. The Labute approximate surface area is 158 Å². The molecule has 0 spiro atoms. The zero-order valence-corrected chi connectivity index (χ0v) is 16.1. The molecule has 7 heteroatoms. The van der Waals surface area contributed by atoms with Crippen LogP contribution in [0.15, 0.2) is 30.6 Å². The van der Waals surface area contributed by atoms with Crippen molar-refractivity contribution in [3.05, 3.63) is 41.2 Å². The first-order chi connectivity index (χ1) is 12.5. The van der Waals surface area contributed by atoms with Gasteiger partial charge in [-0.2, -0.15) is 5.10 Å². The molecular weight excluding hydrogens is 354 g/mol. The highest BCUT2D eigenvalue weighted by atomic mass is 35.5. The van der Waals surface area contributed by atoms with E-state index in [-0.39, 0.29) is 17.9 Å². The Morgan fingerprint density at radius 2 is 2.19 bits per heavy atom. The second-order valence-corrected chi connectivity index (χ2v) is 7.02. The number of benzene rings is 1. The van der Waals surface area contributed by atoms with E-state index in [1.54, 1.807) is 31.3 Å². The van der Waals surface area contributed by atoms with E-state index in [0.29, 0.717) is 11.6 Å². The molecule has 6 nitrogen and oxygen atoms in total. The summed E-state index contributed by atoms with van der Waals surface area (Å²) < 4.78 is 12.6. The highest BCUT2D eigenvalue weighted by Crippen LogP contribution is 2.39. The average Bonchev–Trinajstić information content (AvgIpc) is 3.29. The number of likely N-dealkylation sites (tertiary alicyclic amines) is 1. The van der Waals surface area contributed by atoms with Gasteiger partial charge in [-0.3, -0.25) is 9.48 Å². The Kier molecular flexibility index (Phi) is 5.71. The lowest BCUT2D eigenvalue weighted by molar-refractivity contribution is -0.136. The van der Waals surface area contributed by atoms with Crippen LogP contribution in [0.5, 0.6) is 11.5 Å². The Morgan fingerprint density at radius 3 is 2.85 bits per heavy atom. The van der Waals surface area contributed by atoms with Gasteiger partial charge in [-0.15, -0.1) is 0 Å². The molecule has 0 N–H and O–H groups in total. The van der Waals surface area contributed by atoms with Crippen molar-refractivity contribution >= 4 is 17.5 Å². The van der Waals surface area contributed by atoms with Gasteiger partial charge in [0.25, 0.3) is 0 Å². The van der Waals surface area contributed by atoms with Crippen molar-refractivity contribution in [3.63, 3.8) is 0 Å². The van der Waals surface area contributed by atoms with Crippen LogP contribution in [0.25, 0.3) is 0 Å². The van der Waals surface area contributed by atoms with E-state index < -0.39 is 0 Å². The number of halogens is 1. The minimum atomic E-state index is -0.192. The molecule has 0 radical (unpaired) electrons. The van der Waals surface area contributed by atoms with Crippen LogP contribution in [0, 0.1) is 5.92 Å². The van der Waals surface area contributed by atoms with Crippen LogP contribution in [0.2, 0.25) is 5.02 Å². The van der Waals surface area contributed by atoms with Crippen LogP contribution in [0.4, 0.5) is 0 Å². The van der Waals surface area contributed by atoms with E-state index in [2.05, 4.69) is 5.10 Å². The lowest BCUT2D eigenvalue weighted by Crippen LogP contribution is -2.36. The molecular formula is C19H24ClN3O3. The van der Waals surface area contributed by atoms with Crippen molar-refractivity contribution in [2.24, 2.45) is 5.92 Å². The Balaban J connectivity index is 1.80. The van der Waals surface area contributed by atoms with Gasteiger partial charge in [-0.05, 0) is 31.0 Å². The number of ether oxygens (including phenoxy) is 2. The molecule has 1 aromatic heterocycles. The highest BCUT2D eigenvalue weighted by molar-refractivity contribution is 6.30. The van der Waals surface area contributed by atoms with E-state index in [0.717, 1.165) is 36.4 Å². The zero-order valence-electron chi connectivity index (χ0n) is 15.3. The number of hydrogen-bond donors (Lipinski definition) is 0. The third-order valence-electron chi connectivity index (χ3n) is 4.82. The van der Waals surface area contributed by atoms with Gasteiger partial charge in [-0.25, -0.2) is 0 Å². The van der Waals surface area contributed by atoms with Gasteiger partial charge in [0, 0.05) is 18.3 Å². The molecule has 0 saturated carbocycles. The number of carbonyl (C=O) groups is 1. The molecule has 2 aromatic rings. The molecule has 0 bridgehead atoms. The standard InChI is InChI=1S/C19H24ClN3O3/c1-13(11-22-12-14(20)10-21-22)19(24)23-8-4-5-17(23)16-9-15(25-2)6-7-18(16)26-3/h6-7,9-10,12-13,17H,4-5,8,11H2,1-3H3. The van der Waals surface area contributed by atoms with Gasteiger partial charge in [-0.1, -0.05) is 18.5 Å². The zero-order chi connectivity index (χ0) is 18.7. The normalized spacial score (nSPS) is 18.0. The monoisotopic (exact) mass is 377 g/mol. The molecule has 26 heavy (non-hydrogen) atoms. The summed E-state index contributed by atoms with van der Waals surface area (Å²) in [7, 11) is 3.29. The van der Waals surface area contributed by atoms with E-state index in [4.69, 9.17) is 21.1 Å². The van der Waals surface area contributed by atoms with E-state index in [1.165, 1.54) is 0 Å². The topological polar surface area (TPSA) is 56.6 Å². The third-order valence-corrected chi connectivity index (χ3v) is 5.01. The summed E-state index contributed by atoms with van der Waals surface area (Å²) in [5.41, 5.74) is 0.993. The summed E-state index contributed by atoms with van der Waals surface area (Å²) in [6, 6.07) is 5.72. The van der Waals surface area contributed by atoms with Crippen LogP contribution in [0.1, 0.15) is 31.4 Å². The van der Waals surface area contributed by atoms with Crippen LogP contribution in [-0.4, -0.2) is 41.4 Å². The molecule has 1 aliphatic heterocycles. The van der Waals surface area contributed by atoms with Gasteiger partial charge in [0.15, 0.2) is 0 Å². The van der Waals surface area contributed by atoms with Crippen molar-refractivity contribution in [2.45, 2.75) is 32.4 Å². The number of carbonyl (C=O) groups excluding carboxylic acids is 1. The van der Waals surface area contributed by atoms with Gasteiger partial charge in [0.1, 0.15) is 11.5 Å². The minimum Gasteiger partial charge on any atom is -0.497 e. The Morgan fingerprint density at radius 1 is 1.38 bits per heavy atom. The molecule has 3 rings (SSSR count). The van der Waals surface area contributed by atoms with E-state index in [9.17, 15) is 4.79 Å². The fourth-order valence-corrected chi connectivity index (χ4v) is 3.69. The number of methoxy groups -OCH3 is 2. The average molecular weight is 378 g/mol. The van der Waals surface area contributed by atoms with Crippen molar-refractivity contribution < 1.29 is 14.3 Å². The SMILES string of the molecule is COc1ccc(OC)c(C2CCCN2C(=O)C(C)Cn2cc(Cl)cn2)c1. The first-order valence-electron chi connectivity index (χ1n) is 8.74. The third kappa shape index (κ3) is 3.80. The first-order valence-corrected chi connectivity index (χ1v) is 9.11. The van der Waals surface area contributed by atoms with Crippen LogP contribution in [0.3, 0.4) is 0 Å². The summed E-state index contributed by atoms with van der Waals surface area (Å²) in [5, 5.41) is 4.74. The molecule has 1 amide bonds. The molecule has 2 heterocycles. The summed E-state index contributed by atoms with van der Waals surface area (Å²) >= 11 is 5.91. The van der Waals surface area contributed by atoms with Gasteiger partial charge in [0.05, 0.1) is 43.9 Å². The van der Waals surface area contributed by atoms with Crippen LogP contribution < -0.4 is 9.47 Å². The van der Waals surface area contributed by atoms with Crippen molar-refractivity contribution in [2.75, 3.05) is 20.8 Å². The number of amides is 1. The number of hydrogen-bond acceptors (Lipinski definition) is 4. The van der Waals surface area contributed by atoms with Gasteiger partial charge in [0.2, 0.25) is 5.91 Å². The lowest BCUT2D eigenvalue weighted by atomic mass is 10.0. The van der Waals surface area contributed by atoms with Crippen LogP contribution >= 0.6 is 11.6 Å². The highest BCUT2D eigenvalue weighted by Gasteiger charge is 2.34. The molecule has 0 aliphatic carbocycles.